The lowest BCUT2D eigenvalue weighted by Crippen LogP contribution is -2.43. The van der Waals surface area contributed by atoms with Crippen LogP contribution in [0.5, 0.6) is 0 Å². The molecule has 1 N–H and O–H groups in total. The molecule has 0 spiro atoms. The molecule has 2 aliphatic rings. The fourth-order valence-corrected chi connectivity index (χ4v) is 6.40. The zero-order valence-electron chi connectivity index (χ0n) is 18.0. The van der Waals surface area contributed by atoms with Gasteiger partial charge >= 0.3 is 6.18 Å². The Morgan fingerprint density at radius 3 is 2.61 bits per heavy atom. The molecule has 2 aromatic rings. The molecular formula is C23H24BrClF3N3OS. The minimum Gasteiger partial charge on any atom is -0.380 e. The van der Waals surface area contributed by atoms with Gasteiger partial charge in [0.15, 0.2) is 6.04 Å². The van der Waals surface area contributed by atoms with E-state index in [1.165, 1.54) is 24.9 Å². The van der Waals surface area contributed by atoms with Crippen molar-refractivity contribution in [1.82, 2.24) is 9.88 Å². The lowest BCUT2D eigenvalue weighted by Gasteiger charge is -2.33. The van der Waals surface area contributed by atoms with E-state index in [9.17, 15) is 18.0 Å². The molecule has 0 radical (unpaired) electrons. The third-order valence-electron chi connectivity index (χ3n) is 6.26. The molecule has 33 heavy (non-hydrogen) atoms. The molecule has 1 aromatic carbocycles. The largest absolute Gasteiger partial charge is 0.414 e. The molecule has 10 heteroatoms. The van der Waals surface area contributed by atoms with E-state index in [1.54, 1.807) is 17.8 Å². The van der Waals surface area contributed by atoms with Crippen LogP contribution < -0.4 is 5.32 Å². The van der Waals surface area contributed by atoms with Crippen molar-refractivity contribution in [2.24, 2.45) is 5.92 Å². The van der Waals surface area contributed by atoms with E-state index >= 15 is 0 Å². The molecule has 2 heterocycles. The second kappa shape index (κ2) is 10.0. The molecule has 1 aliphatic heterocycles. The maximum atomic E-state index is 14.0. The molecule has 4 rings (SSSR count). The smallest absolute Gasteiger partial charge is 0.380 e. The minimum atomic E-state index is -4.62. The van der Waals surface area contributed by atoms with Crippen LogP contribution in [0.2, 0.25) is 5.02 Å². The third kappa shape index (κ3) is 5.46. The van der Waals surface area contributed by atoms with Gasteiger partial charge in [0.2, 0.25) is 5.91 Å². The average molecular weight is 563 g/mol. The lowest BCUT2D eigenvalue weighted by molar-refractivity contribution is -0.191. The Balaban J connectivity index is 1.47. The quantitative estimate of drug-likeness (QED) is 0.466. The van der Waals surface area contributed by atoms with Crippen LogP contribution in [0.15, 0.2) is 34.9 Å². The number of pyridine rings is 1. The molecule has 2 atom stereocenters. The fraction of sp³-hybridized carbons (Fsp3) is 0.478. The highest BCUT2D eigenvalue weighted by Crippen LogP contribution is 2.39. The number of carbonyl (C=O) groups is 1. The zero-order chi connectivity index (χ0) is 23.8. The summed E-state index contributed by atoms with van der Waals surface area (Å²) in [5.74, 6) is 0.772. The summed E-state index contributed by atoms with van der Waals surface area (Å²) in [6.07, 6.45) is -0.446. The molecule has 0 saturated carbocycles. The highest BCUT2D eigenvalue weighted by atomic mass is 79.9. The van der Waals surface area contributed by atoms with Crippen LogP contribution in [0, 0.1) is 5.92 Å². The van der Waals surface area contributed by atoms with Crippen LogP contribution in [-0.4, -0.2) is 46.6 Å². The maximum Gasteiger partial charge on any atom is 0.414 e. The van der Waals surface area contributed by atoms with Crippen molar-refractivity contribution in [3.63, 3.8) is 0 Å². The number of fused-ring (bicyclic) bond motifs is 1. The lowest BCUT2D eigenvalue weighted by atomic mass is 9.99. The molecule has 0 bridgehead atoms. The van der Waals surface area contributed by atoms with Gasteiger partial charge < -0.3 is 10.2 Å². The van der Waals surface area contributed by atoms with E-state index in [-0.39, 0.29) is 17.7 Å². The molecule has 1 aromatic heterocycles. The second-order valence-electron chi connectivity index (χ2n) is 8.50. The van der Waals surface area contributed by atoms with Crippen LogP contribution in [0.25, 0.3) is 0 Å². The van der Waals surface area contributed by atoms with Crippen molar-refractivity contribution in [2.75, 3.05) is 23.9 Å². The van der Waals surface area contributed by atoms with Gasteiger partial charge in [0.05, 0.1) is 22.6 Å². The Morgan fingerprint density at radius 1 is 1.24 bits per heavy atom. The summed E-state index contributed by atoms with van der Waals surface area (Å²) in [7, 11) is 1.23. The number of amides is 1. The number of anilines is 1. The number of nitrogens with zero attached hydrogens (tertiary/aromatic N) is 2. The Hall–Kier alpha value is -1.45. The highest BCUT2D eigenvalue weighted by Gasteiger charge is 2.47. The van der Waals surface area contributed by atoms with Crippen LogP contribution in [0.1, 0.15) is 35.7 Å². The third-order valence-corrected chi connectivity index (χ3v) is 8.76. The Labute approximate surface area is 208 Å². The first-order valence-electron chi connectivity index (χ1n) is 10.7. The summed E-state index contributed by atoms with van der Waals surface area (Å²) in [5.41, 5.74) is 2.78. The predicted octanol–water partition coefficient (Wildman–Crippen LogP) is 6.28. The molecule has 1 amide bonds. The number of rotatable bonds is 5. The maximum absolute atomic E-state index is 14.0. The Kier molecular flexibility index (Phi) is 7.50. The van der Waals surface area contributed by atoms with Gasteiger partial charge in [-0.15, -0.1) is 0 Å². The van der Waals surface area contributed by atoms with Crippen LogP contribution in [0.4, 0.5) is 18.9 Å². The Morgan fingerprint density at radius 2 is 1.97 bits per heavy atom. The van der Waals surface area contributed by atoms with Crippen molar-refractivity contribution in [3.8, 4) is 0 Å². The van der Waals surface area contributed by atoms with Gasteiger partial charge in [-0.1, -0.05) is 17.7 Å². The number of nitrogens with one attached hydrogen (secondary N) is 1. The fourth-order valence-electron chi connectivity index (χ4n) is 4.56. The first-order valence-corrected chi connectivity index (χ1v) is 13.1. The van der Waals surface area contributed by atoms with Gasteiger partial charge in [-0.2, -0.15) is 24.9 Å². The van der Waals surface area contributed by atoms with Gasteiger partial charge in [0.1, 0.15) is 0 Å². The van der Waals surface area contributed by atoms with E-state index in [0.717, 1.165) is 39.3 Å². The monoisotopic (exact) mass is 561 g/mol. The van der Waals surface area contributed by atoms with Crippen molar-refractivity contribution in [3.05, 3.63) is 56.8 Å². The summed E-state index contributed by atoms with van der Waals surface area (Å²) in [4.78, 5) is 17.7. The Bertz CT molecular complexity index is 1020. The second-order valence-corrected chi connectivity index (χ2v) is 10.9. The van der Waals surface area contributed by atoms with E-state index in [0.29, 0.717) is 23.6 Å². The molecule has 2 unspecified atom stereocenters. The van der Waals surface area contributed by atoms with E-state index in [2.05, 4.69) is 26.2 Å². The van der Waals surface area contributed by atoms with Crippen LogP contribution in [-0.2, 0) is 17.6 Å². The zero-order valence-corrected chi connectivity index (χ0v) is 21.1. The van der Waals surface area contributed by atoms with Crippen molar-refractivity contribution < 1.29 is 18.0 Å². The van der Waals surface area contributed by atoms with Crippen molar-refractivity contribution in [2.45, 2.75) is 43.9 Å². The summed E-state index contributed by atoms with van der Waals surface area (Å²) in [6.45, 7) is 0. The number of carbonyl (C=O) groups excluding carboxylic acids is 1. The number of thioether (sulfide) groups is 1. The van der Waals surface area contributed by atoms with Crippen molar-refractivity contribution in [1.29, 1.82) is 0 Å². The number of hydrogen-bond donors (Lipinski definition) is 1. The van der Waals surface area contributed by atoms with Gasteiger partial charge in [-0.25, -0.2) is 0 Å². The van der Waals surface area contributed by atoms with E-state index < -0.39 is 18.1 Å². The summed E-state index contributed by atoms with van der Waals surface area (Å²) < 4.78 is 42.8. The predicted molar refractivity (Wildman–Crippen MR) is 130 cm³/mol. The minimum absolute atomic E-state index is 0.0919. The standard InChI is InChI=1S/C23H24BrClF3N3OS/c1-31(22(32)13-6-8-33-9-7-13)21(23(26,27)28)19-5-3-15(12-29-19)30-16-10-14-2-4-18(25)20(24)17(14)11-16/h2-5,12-13,16,21,30H,6-11H2,1H3. The van der Waals surface area contributed by atoms with Gasteiger partial charge in [-0.3, -0.25) is 9.78 Å². The van der Waals surface area contributed by atoms with Crippen LogP contribution >= 0.6 is 39.3 Å². The summed E-state index contributed by atoms with van der Waals surface area (Å²) in [5, 5.41) is 4.01. The molecule has 1 saturated heterocycles. The van der Waals surface area contributed by atoms with Gasteiger partial charge in [0, 0.05) is 23.5 Å². The molecule has 1 aliphatic carbocycles. The first kappa shape index (κ1) is 24.7. The van der Waals surface area contributed by atoms with E-state index in [1.807, 2.05) is 12.1 Å². The number of hydrogen-bond acceptors (Lipinski definition) is 4. The van der Waals surface area contributed by atoms with Crippen molar-refractivity contribution >= 4 is 50.9 Å². The average Bonchev–Trinajstić information content (AvgIpc) is 3.20. The van der Waals surface area contributed by atoms with Crippen LogP contribution in [0.3, 0.4) is 0 Å². The number of alkyl halides is 3. The highest BCUT2D eigenvalue weighted by molar-refractivity contribution is 9.10. The number of aromatic nitrogens is 1. The topological polar surface area (TPSA) is 45.2 Å². The SMILES string of the molecule is CN(C(=O)C1CCSCC1)C(c1ccc(NC2Cc3ccc(Cl)c(Br)c3C2)cn1)C(F)(F)F. The number of halogens is 5. The molecule has 4 nitrogen and oxygen atoms in total. The summed E-state index contributed by atoms with van der Waals surface area (Å²) >= 11 is 11.4. The van der Waals surface area contributed by atoms with Gasteiger partial charge in [0.25, 0.3) is 0 Å². The first-order chi connectivity index (χ1) is 15.6. The summed E-state index contributed by atoms with van der Waals surface area (Å²) in [6, 6.07) is 4.83. The van der Waals surface area contributed by atoms with Gasteiger partial charge in [-0.05, 0) is 82.4 Å². The molecule has 178 valence electrons. The molecular weight excluding hydrogens is 539 g/mol. The number of benzene rings is 1. The normalized spacial score (nSPS) is 19.8. The molecule has 1 fully saturated rings. The van der Waals surface area contributed by atoms with E-state index in [4.69, 9.17) is 11.6 Å².